The first-order valence-electron chi connectivity index (χ1n) is 10.0. The molecule has 2 fully saturated rings. The zero-order chi connectivity index (χ0) is 19.4. The van der Waals surface area contributed by atoms with Gasteiger partial charge < -0.3 is 14.7 Å². The van der Waals surface area contributed by atoms with E-state index in [-0.39, 0.29) is 35.2 Å². The number of piperazine rings is 1. The second-order valence-corrected chi connectivity index (χ2v) is 7.80. The Bertz CT molecular complexity index is 784. The highest BCUT2D eigenvalue weighted by Crippen LogP contribution is 2.43. The number of aromatic nitrogens is 1. The van der Waals surface area contributed by atoms with Crippen LogP contribution in [0, 0.1) is 5.82 Å². The fourth-order valence-electron chi connectivity index (χ4n) is 4.22. The summed E-state index contributed by atoms with van der Waals surface area (Å²) in [5, 5.41) is 7.59. The molecule has 0 bridgehead atoms. The van der Waals surface area contributed by atoms with E-state index in [1.54, 1.807) is 18.4 Å². The number of rotatable bonds is 5. The first kappa shape index (κ1) is 22.0. The molecule has 1 aliphatic heterocycles. The molecule has 29 heavy (non-hydrogen) atoms. The number of nitrogens with one attached hydrogen (secondary N) is 1. The minimum absolute atomic E-state index is 0. The quantitative estimate of drug-likeness (QED) is 0.378. The summed E-state index contributed by atoms with van der Waals surface area (Å²) in [6.07, 6.45) is 5.11. The molecule has 0 amide bonds. The lowest BCUT2D eigenvalue weighted by atomic mass is 9.64. The van der Waals surface area contributed by atoms with Crippen molar-refractivity contribution in [2.24, 2.45) is 4.99 Å². The summed E-state index contributed by atoms with van der Waals surface area (Å²) in [7, 11) is 1.84. The summed E-state index contributed by atoms with van der Waals surface area (Å²) in [6, 6.07) is 8.92. The molecule has 1 aliphatic carbocycles. The fraction of sp³-hybridized carbons (Fsp3) is 0.524. The predicted molar refractivity (Wildman–Crippen MR) is 122 cm³/mol. The minimum atomic E-state index is -0.175. The van der Waals surface area contributed by atoms with Gasteiger partial charge in [0.1, 0.15) is 12.1 Å². The smallest absolute Gasteiger partial charge is 0.193 e. The van der Waals surface area contributed by atoms with Crippen molar-refractivity contribution in [2.45, 2.75) is 31.2 Å². The number of hydrogen-bond donors (Lipinski definition) is 1. The number of aliphatic imine (C=N–C) groups is 1. The highest BCUT2D eigenvalue weighted by molar-refractivity contribution is 14.0. The van der Waals surface area contributed by atoms with Gasteiger partial charge in [-0.05, 0) is 30.5 Å². The van der Waals surface area contributed by atoms with E-state index in [1.807, 2.05) is 25.2 Å². The van der Waals surface area contributed by atoms with Gasteiger partial charge in [-0.3, -0.25) is 9.89 Å². The molecule has 1 aromatic carbocycles. The van der Waals surface area contributed by atoms with E-state index in [4.69, 9.17) is 4.52 Å². The van der Waals surface area contributed by atoms with Crippen molar-refractivity contribution < 1.29 is 8.91 Å². The molecular formula is C21H29FIN5O. The average Bonchev–Trinajstić information content (AvgIpc) is 3.19. The Morgan fingerprint density at radius 1 is 1.17 bits per heavy atom. The van der Waals surface area contributed by atoms with Crippen LogP contribution in [-0.2, 0) is 12.0 Å². The molecule has 1 N–H and O–H groups in total. The molecule has 0 atom stereocenters. The molecule has 1 saturated heterocycles. The van der Waals surface area contributed by atoms with E-state index in [1.165, 1.54) is 12.0 Å². The zero-order valence-corrected chi connectivity index (χ0v) is 19.1. The summed E-state index contributed by atoms with van der Waals surface area (Å²) < 4.78 is 18.2. The van der Waals surface area contributed by atoms with Crippen molar-refractivity contribution in [1.29, 1.82) is 0 Å². The van der Waals surface area contributed by atoms with E-state index >= 15 is 0 Å². The van der Waals surface area contributed by atoms with Crippen molar-refractivity contribution >= 4 is 29.9 Å². The van der Waals surface area contributed by atoms with Crippen LogP contribution in [0.1, 0.15) is 30.5 Å². The molecule has 6 nitrogen and oxygen atoms in total. The Kier molecular flexibility index (Phi) is 7.50. The largest absolute Gasteiger partial charge is 0.364 e. The number of hydrogen-bond acceptors (Lipinski definition) is 4. The van der Waals surface area contributed by atoms with Crippen molar-refractivity contribution in [2.75, 3.05) is 39.8 Å². The van der Waals surface area contributed by atoms with Crippen molar-refractivity contribution in [3.8, 4) is 0 Å². The van der Waals surface area contributed by atoms with Crippen LogP contribution in [0.15, 0.2) is 46.1 Å². The molecule has 0 unspecified atom stereocenters. The lowest BCUT2D eigenvalue weighted by molar-refractivity contribution is 0.167. The third-order valence-corrected chi connectivity index (χ3v) is 6.11. The molecule has 0 spiro atoms. The summed E-state index contributed by atoms with van der Waals surface area (Å²) in [5.74, 6) is 0.778. The van der Waals surface area contributed by atoms with Gasteiger partial charge in [-0.1, -0.05) is 23.7 Å². The van der Waals surface area contributed by atoms with Gasteiger partial charge in [0.05, 0.1) is 5.69 Å². The maximum atomic E-state index is 13.3. The van der Waals surface area contributed by atoms with E-state index in [9.17, 15) is 4.39 Å². The van der Waals surface area contributed by atoms with Crippen LogP contribution >= 0.6 is 24.0 Å². The van der Waals surface area contributed by atoms with Crippen LogP contribution in [0.4, 0.5) is 4.39 Å². The monoisotopic (exact) mass is 513 g/mol. The second-order valence-electron chi connectivity index (χ2n) is 7.80. The van der Waals surface area contributed by atoms with Gasteiger partial charge in [0.25, 0.3) is 0 Å². The molecule has 1 aromatic heterocycles. The summed E-state index contributed by atoms with van der Waals surface area (Å²) >= 11 is 0. The molecule has 4 rings (SSSR count). The molecule has 2 heterocycles. The van der Waals surface area contributed by atoms with E-state index in [0.29, 0.717) is 0 Å². The molecule has 158 valence electrons. The van der Waals surface area contributed by atoms with Crippen molar-refractivity contribution in [1.82, 2.24) is 20.3 Å². The molecule has 2 aromatic rings. The van der Waals surface area contributed by atoms with Gasteiger partial charge in [0, 0.05) is 57.8 Å². The lowest BCUT2D eigenvalue weighted by Gasteiger charge is -2.44. The van der Waals surface area contributed by atoms with Crippen LogP contribution in [0.3, 0.4) is 0 Å². The van der Waals surface area contributed by atoms with Crippen LogP contribution in [-0.4, -0.2) is 60.7 Å². The van der Waals surface area contributed by atoms with Gasteiger partial charge in [-0.25, -0.2) is 4.39 Å². The number of halogens is 2. The number of benzene rings is 1. The predicted octanol–water partition coefficient (Wildman–Crippen LogP) is 3.25. The van der Waals surface area contributed by atoms with Crippen LogP contribution < -0.4 is 5.32 Å². The van der Waals surface area contributed by atoms with Crippen LogP contribution in [0.5, 0.6) is 0 Å². The lowest BCUT2D eigenvalue weighted by Crippen LogP contribution is -2.55. The highest BCUT2D eigenvalue weighted by atomic mass is 127. The maximum Gasteiger partial charge on any atom is 0.193 e. The fourth-order valence-corrected chi connectivity index (χ4v) is 4.22. The Morgan fingerprint density at radius 2 is 1.90 bits per heavy atom. The van der Waals surface area contributed by atoms with E-state index < -0.39 is 0 Å². The SMILES string of the molecule is CN=C(NCC1(c2ccc(F)cc2)CCC1)N1CCN(Cc2ccon2)CC1.I. The normalized spacial score (nSPS) is 19.4. The first-order chi connectivity index (χ1) is 13.7. The molecule has 1 saturated carbocycles. The molecule has 2 aliphatic rings. The molecule has 0 radical (unpaired) electrons. The summed E-state index contributed by atoms with van der Waals surface area (Å²) in [6.45, 7) is 5.46. The zero-order valence-electron chi connectivity index (χ0n) is 16.8. The van der Waals surface area contributed by atoms with E-state index in [0.717, 1.165) is 63.8 Å². The topological polar surface area (TPSA) is 56.9 Å². The minimum Gasteiger partial charge on any atom is -0.364 e. The highest BCUT2D eigenvalue weighted by Gasteiger charge is 2.39. The van der Waals surface area contributed by atoms with Crippen LogP contribution in [0.2, 0.25) is 0 Å². The Labute approximate surface area is 188 Å². The van der Waals surface area contributed by atoms with Gasteiger partial charge >= 0.3 is 0 Å². The van der Waals surface area contributed by atoms with Gasteiger partial charge in [0.15, 0.2) is 5.96 Å². The second kappa shape index (κ2) is 9.88. The summed E-state index contributed by atoms with van der Waals surface area (Å²) in [5.41, 5.74) is 2.29. The number of nitrogens with zero attached hydrogens (tertiary/aromatic N) is 4. The standard InChI is InChI=1S/C21H28FN5O.HI/c1-23-20(27-12-10-26(11-13-27)15-19-7-14-28-25-19)24-16-21(8-2-9-21)17-3-5-18(22)6-4-17;/h3-7,14H,2,8-13,15-16H2,1H3,(H,23,24);1H. The Hall–Kier alpha value is -1.68. The molecular weight excluding hydrogens is 484 g/mol. The third-order valence-electron chi connectivity index (χ3n) is 6.11. The average molecular weight is 513 g/mol. The third kappa shape index (κ3) is 5.09. The molecule has 8 heteroatoms. The summed E-state index contributed by atoms with van der Waals surface area (Å²) in [4.78, 5) is 9.21. The van der Waals surface area contributed by atoms with Gasteiger partial charge in [0.2, 0.25) is 0 Å². The Balaban J connectivity index is 0.00000240. The van der Waals surface area contributed by atoms with Crippen molar-refractivity contribution in [3.05, 3.63) is 53.7 Å². The van der Waals surface area contributed by atoms with Gasteiger partial charge in [-0.2, -0.15) is 0 Å². The van der Waals surface area contributed by atoms with Crippen molar-refractivity contribution in [3.63, 3.8) is 0 Å². The van der Waals surface area contributed by atoms with E-state index in [2.05, 4.69) is 25.3 Å². The van der Waals surface area contributed by atoms with Gasteiger partial charge in [-0.15, -0.1) is 24.0 Å². The van der Waals surface area contributed by atoms with Crippen LogP contribution in [0.25, 0.3) is 0 Å². The first-order valence-corrected chi connectivity index (χ1v) is 10.0. The number of guanidine groups is 1. The Morgan fingerprint density at radius 3 is 2.45 bits per heavy atom. The maximum absolute atomic E-state index is 13.3.